The lowest BCUT2D eigenvalue weighted by Gasteiger charge is -2.26. The minimum atomic E-state index is -4.16. The maximum absolute atomic E-state index is 13.3. The molecule has 2 aromatic rings. The van der Waals surface area contributed by atoms with Gasteiger partial charge in [0.05, 0.1) is 0 Å². The third-order valence-electron chi connectivity index (χ3n) is 6.31. The van der Waals surface area contributed by atoms with E-state index in [1.165, 1.54) is 31.2 Å². The van der Waals surface area contributed by atoms with Crippen molar-refractivity contribution in [1.82, 2.24) is 4.90 Å². The average Bonchev–Trinajstić information content (AvgIpc) is 3.64. The minimum Gasteiger partial charge on any atom is -0.379 e. The van der Waals surface area contributed by atoms with Crippen molar-refractivity contribution in [2.24, 2.45) is 11.8 Å². The fraction of sp³-hybridized carbons (Fsp3) is 0.500. The molecule has 0 aromatic heterocycles. The van der Waals surface area contributed by atoms with E-state index in [9.17, 15) is 18.0 Å². The molecule has 1 N–H and O–H groups in total. The van der Waals surface area contributed by atoms with E-state index in [1.54, 1.807) is 6.07 Å². The van der Waals surface area contributed by atoms with Gasteiger partial charge in [-0.05, 0) is 68.9 Å². The Morgan fingerprint density at radius 3 is 2.24 bits per heavy atom. The van der Waals surface area contributed by atoms with Gasteiger partial charge in [-0.2, -0.15) is 8.42 Å². The van der Waals surface area contributed by atoms with Crippen LogP contribution in [0.4, 0.5) is 11.4 Å². The number of hydrogen-bond acceptors (Lipinski definition) is 6. The maximum atomic E-state index is 13.3. The van der Waals surface area contributed by atoms with Crippen molar-refractivity contribution < 1.29 is 22.2 Å². The predicted octanol–water partition coefficient (Wildman–Crippen LogP) is 5.04. The van der Waals surface area contributed by atoms with E-state index in [-0.39, 0.29) is 34.9 Å². The summed E-state index contributed by atoms with van der Waals surface area (Å²) < 4.78 is 32.2. The van der Waals surface area contributed by atoms with Crippen molar-refractivity contribution >= 4 is 33.3 Å². The molecule has 1 fully saturated rings. The number of anilines is 2. The standard InChI is InChI=1S/C28H39N3O5S/c1-6-30(7-2)25-13-10-23(19-31(18-22-8-9-22)28(33)16-20(3)4)27(17-25)36-37(34,35)26-14-11-24(12-15-26)29-21(5)32/h10-15,17,20,22H,6-9,16,18-19H2,1-5H3,(H,29,32). The Bertz CT molecular complexity index is 1190. The average molecular weight is 530 g/mol. The fourth-order valence-electron chi connectivity index (χ4n) is 4.16. The molecule has 1 aliphatic rings. The van der Waals surface area contributed by atoms with E-state index in [1.807, 2.05) is 44.7 Å². The second kappa shape index (κ2) is 12.4. The molecule has 202 valence electrons. The van der Waals surface area contributed by atoms with Gasteiger partial charge in [-0.25, -0.2) is 0 Å². The van der Waals surface area contributed by atoms with Crippen LogP contribution in [-0.4, -0.2) is 44.8 Å². The summed E-state index contributed by atoms with van der Waals surface area (Å²) in [6, 6.07) is 11.4. The van der Waals surface area contributed by atoms with Crippen LogP contribution >= 0.6 is 0 Å². The topological polar surface area (TPSA) is 96.0 Å². The molecule has 0 radical (unpaired) electrons. The molecule has 8 nitrogen and oxygen atoms in total. The van der Waals surface area contributed by atoms with Gasteiger partial charge in [-0.1, -0.05) is 19.9 Å². The summed E-state index contributed by atoms with van der Waals surface area (Å²) in [5.74, 6) is 0.773. The van der Waals surface area contributed by atoms with Crippen LogP contribution in [-0.2, 0) is 26.3 Å². The largest absolute Gasteiger partial charge is 0.379 e. The second-order valence-corrected chi connectivity index (χ2v) is 11.6. The Morgan fingerprint density at radius 2 is 1.70 bits per heavy atom. The van der Waals surface area contributed by atoms with Gasteiger partial charge in [0.2, 0.25) is 11.8 Å². The quantitative estimate of drug-likeness (QED) is 0.365. The van der Waals surface area contributed by atoms with E-state index >= 15 is 0 Å². The number of nitrogens with one attached hydrogen (secondary N) is 1. The van der Waals surface area contributed by atoms with Crippen LogP contribution in [0.5, 0.6) is 5.75 Å². The molecule has 0 bridgehead atoms. The zero-order chi connectivity index (χ0) is 27.2. The first-order valence-electron chi connectivity index (χ1n) is 13.0. The van der Waals surface area contributed by atoms with Crippen molar-refractivity contribution in [2.75, 3.05) is 29.9 Å². The van der Waals surface area contributed by atoms with Gasteiger partial charge in [0.25, 0.3) is 0 Å². The lowest BCUT2D eigenvalue weighted by atomic mass is 10.1. The Kier molecular flexibility index (Phi) is 9.59. The number of amides is 2. The Labute approximate surface area is 221 Å². The fourth-order valence-corrected chi connectivity index (χ4v) is 5.12. The van der Waals surface area contributed by atoms with Gasteiger partial charge in [0.1, 0.15) is 10.6 Å². The molecule has 0 spiro atoms. The van der Waals surface area contributed by atoms with Gasteiger partial charge in [-0.15, -0.1) is 0 Å². The molecule has 0 saturated heterocycles. The van der Waals surface area contributed by atoms with E-state index in [0.717, 1.165) is 31.6 Å². The molecule has 3 rings (SSSR count). The SMILES string of the molecule is CCN(CC)c1ccc(CN(CC2CC2)C(=O)CC(C)C)c(OS(=O)(=O)c2ccc(NC(C)=O)cc2)c1. The highest BCUT2D eigenvalue weighted by Gasteiger charge is 2.28. The van der Waals surface area contributed by atoms with Crippen molar-refractivity contribution in [2.45, 2.75) is 65.3 Å². The molecule has 0 unspecified atom stereocenters. The third kappa shape index (κ3) is 8.21. The Balaban J connectivity index is 1.94. The number of rotatable bonds is 13. The van der Waals surface area contributed by atoms with Crippen molar-refractivity contribution in [1.29, 1.82) is 0 Å². The second-order valence-electron chi connectivity index (χ2n) is 10.0. The van der Waals surface area contributed by atoms with E-state index in [4.69, 9.17) is 4.18 Å². The van der Waals surface area contributed by atoms with Gasteiger partial charge in [0.15, 0.2) is 0 Å². The van der Waals surface area contributed by atoms with Crippen molar-refractivity contribution in [3.05, 3.63) is 48.0 Å². The van der Waals surface area contributed by atoms with Crippen LogP contribution in [0.3, 0.4) is 0 Å². The number of benzene rings is 2. The van der Waals surface area contributed by atoms with Gasteiger partial charge < -0.3 is 19.3 Å². The highest BCUT2D eigenvalue weighted by molar-refractivity contribution is 7.87. The molecule has 1 saturated carbocycles. The normalized spacial score (nSPS) is 13.4. The molecule has 37 heavy (non-hydrogen) atoms. The third-order valence-corrected chi connectivity index (χ3v) is 7.56. The molecular formula is C28H39N3O5S. The zero-order valence-electron chi connectivity index (χ0n) is 22.5. The van der Waals surface area contributed by atoms with Gasteiger partial charge >= 0.3 is 10.1 Å². The number of hydrogen-bond donors (Lipinski definition) is 1. The highest BCUT2D eigenvalue weighted by atomic mass is 32.2. The minimum absolute atomic E-state index is 0.0217. The first kappa shape index (κ1) is 28.5. The molecule has 0 heterocycles. The summed E-state index contributed by atoms with van der Waals surface area (Å²) in [6.45, 7) is 12.0. The summed E-state index contributed by atoms with van der Waals surface area (Å²) in [6.07, 6.45) is 2.66. The summed E-state index contributed by atoms with van der Waals surface area (Å²) in [7, 11) is -4.16. The number of carbonyl (C=O) groups excluding carboxylic acids is 2. The number of nitrogens with zero attached hydrogens (tertiary/aromatic N) is 2. The van der Waals surface area contributed by atoms with Crippen molar-refractivity contribution in [3.8, 4) is 5.75 Å². The summed E-state index contributed by atoms with van der Waals surface area (Å²) >= 11 is 0. The van der Waals surface area contributed by atoms with Crippen LogP contribution in [0, 0.1) is 11.8 Å². The van der Waals surface area contributed by atoms with E-state index in [0.29, 0.717) is 30.1 Å². The molecule has 0 atom stereocenters. The van der Waals surface area contributed by atoms with Gasteiger partial charge in [0, 0.05) is 62.5 Å². The number of carbonyl (C=O) groups is 2. The predicted molar refractivity (Wildman–Crippen MR) is 146 cm³/mol. The summed E-state index contributed by atoms with van der Waals surface area (Å²) in [5, 5.41) is 2.62. The molecular weight excluding hydrogens is 490 g/mol. The monoisotopic (exact) mass is 529 g/mol. The van der Waals surface area contributed by atoms with Crippen LogP contribution in [0.2, 0.25) is 0 Å². The van der Waals surface area contributed by atoms with Crippen molar-refractivity contribution in [3.63, 3.8) is 0 Å². The zero-order valence-corrected chi connectivity index (χ0v) is 23.3. The Hall–Kier alpha value is -3.07. The Morgan fingerprint density at radius 1 is 1.05 bits per heavy atom. The summed E-state index contributed by atoms with van der Waals surface area (Å²) in [5.41, 5.74) is 1.99. The highest BCUT2D eigenvalue weighted by Crippen LogP contribution is 2.33. The molecule has 2 amide bonds. The van der Waals surface area contributed by atoms with Crippen LogP contribution < -0.4 is 14.4 Å². The van der Waals surface area contributed by atoms with E-state index in [2.05, 4.69) is 10.2 Å². The van der Waals surface area contributed by atoms with Crippen LogP contribution in [0.1, 0.15) is 59.4 Å². The maximum Gasteiger partial charge on any atom is 0.339 e. The van der Waals surface area contributed by atoms with E-state index < -0.39 is 10.1 Å². The molecule has 9 heteroatoms. The van der Waals surface area contributed by atoms with Crippen LogP contribution in [0.25, 0.3) is 0 Å². The van der Waals surface area contributed by atoms with Gasteiger partial charge in [-0.3, -0.25) is 9.59 Å². The molecule has 2 aromatic carbocycles. The first-order chi connectivity index (χ1) is 17.5. The van der Waals surface area contributed by atoms with Crippen LogP contribution in [0.15, 0.2) is 47.4 Å². The first-order valence-corrected chi connectivity index (χ1v) is 14.4. The lowest BCUT2D eigenvalue weighted by molar-refractivity contribution is -0.132. The smallest absolute Gasteiger partial charge is 0.339 e. The summed E-state index contributed by atoms with van der Waals surface area (Å²) in [4.78, 5) is 28.3. The lowest BCUT2D eigenvalue weighted by Crippen LogP contribution is -2.33. The molecule has 1 aliphatic carbocycles. The molecule has 0 aliphatic heterocycles.